The Hall–Kier alpha value is -2.94. The van der Waals surface area contributed by atoms with Gasteiger partial charge >= 0.3 is 0 Å². The molecule has 170 valence electrons. The summed E-state index contributed by atoms with van der Waals surface area (Å²) < 4.78 is 40.6. The molecule has 1 aromatic carbocycles. The van der Waals surface area contributed by atoms with Gasteiger partial charge in [0.05, 0.1) is 22.3 Å². The highest BCUT2D eigenvalue weighted by atomic mass is 19.3. The molecule has 3 aromatic rings. The number of piperazine rings is 1. The van der Waals surface area contributed by atoms with Gasteiger partial charge in [0.15, 0.2) is 5.65 Å². The molecule has 1 saturated heterocycles. The van der Waals surface area contributed by atoms with Crippen molar-refractivity contribution in [3.8, 4) is 0 Å². The van der Waals surface area contributed by atoms with Crippen molar-refractivity contribution in [2.24, 2.45) is 0 Å². The van der Waals surface area contributed by atoms with Gasteiger partial charge in [-0.1, -0.05) is 25.1 Å². The fourth-order valence-electron chi connectivity index (χ4n) is 3.99. The SMILES string of the molecule is CCc1nc2nc(C)nc(NCc3cccc(C(F)F)c3F)c2cc1N1CCN(C)CC1. The van der Waals surface area contributed by atoms with Crippen molar-refractivity contribution >= 4 is 22.5 Å². The largest absolute Gasteiger partial charge is 0.367 e. The first-order valence-corrected chi connectivity index (χ1v) is 10.8. The van der Waals surface area contributed by atoms with Crippen LogP contribution >= 0.6 is 0 Å². The van der Waals surface area contributed by atoms with Crippen molar-refractivity contribution in [1.82, 2.24) is 19.9 Å². The number of nitrogens with zero attached hydrogens (tertiary/aromatic N) is 5. The number of rotatable bonds is 6. The third kappa shape index (κ3) is 4.48. The van der Waals surface area contributed by atoms with E-state index in [0.29, 0.717) is 17.3 Å². The van der Waals surface area contributed by atoms with Crippen LogP contribution in [0.25, 0.3) is 11.0 Å². The average Bonchev–Trinajstić information content (AvgIpc) is 2.77. The quantitative estimate of drug-likeness (QED) is 0.611. The lowest BCUT2D eigenvalue weighted by Crippen LogP contribution is -2.44. The van der Waals surface area contributed by atoms with E-state index in [2.05, 4.69) is 39.1 Å². The fourth-order valence-corrected chi connectivity index (χ4v) is 3.99. The van der Waals surface area contributed by atoms with E-state index in [0.717, 1.165) is 55.4 Å². The summed E-state index contributed by atoms with van der Waals surface area (Å²) in [6.45, 7) is 7.60. The number of anilines is 2. The fraction of sp³-hybridized carbons (Fsp3) is 0.435. The van der Waals surface area contributed by atoms with E-state index in [4.69, 9.17) is 4.98 Å². The van der Waals surface area contributed by atoms with Crippen LogP contribution < -0.4 is 10.2 Å². The molecule has 0 amide bonds. The molecular weight excluding hydrogens is 417 g/mol. The van der Waals surface area contributed by atoms with Gasteiger partial charge in [0.2, 0.25) is 0 Å². The van der Waals surface area contributed by atoms with E-state index >= 15 is 0 Å². The maximum Gasteiger partial charge on any atom is 0.266 e. The molecule has 1 aliphatic heterocycles. The third-order valence-electron chi connectivity index (χ3n) is 5.82. The lowest BCUT2D eigenvalue weighted by Gasteiger charge is -2.35. The number of nitrogens with one attached hydrogen (secondary N) is 1. The number of hydrogen-bond acceptors (Lipinski definition) is 6. The van der Waals surface area contributed by atoms with Crippen LogP contribution in [-0.2, 0) is 13.0 Å². The summed E-state index contributed by atoms with van der Waals surface area (Å²) in [7, 11) is 2.11. The molecular formula is C23H27F3N6. The molecule has 9 heteroatoms. The van der Waals surface area contributed by atoms with Gasteiger partial charge in [-0.05, 0) is 26.5 Å². The monoisotopic (exact) mass is 444 g/mol. The van der Waals surface area contributed by atoms with Crippen molar-refractivity contribution in [2.45, 2.75) is 33.2 Å². The van der Waals surface area contributed by atoms with Gasteiger partial charge in [0, 0.05) is 38.3 Å². The Bertz CT molecular complexity index is 1110. The van der Waals surface area contributed by atoms with Gasteiger partial charge < -0.3 is 15.1 Å². The smallest absolute Gasteiger partial charge is 0.266 e. The number of benzene rings is 1. The highest BCUT2D eigenvalue weighted by Crippen LogP contribution is 2.30. The number of alkyl halides is 2. The zero-order chi connectivity index (χ0) is 22.8. The molecule has 0 aliphatic carbocycles. The molecule has 3 heterocycles. The summed E-state index contributed by atoms with van der Waals surface area (Å²) in [6, 6.07) is 6.07. The van der Waals surface area contributed by atoms with Crippen molar-refractivity contribution in [3.05, 3.63) is 52.7 Å². The van der Waals surface area contributed by atoms with Crippen LogP contribution in [0, 0.1) is 12.7 Å². The minimum absolute atomic E-state index is 0.0251. The highest BCUT2D eigenvalue weighted by Gasteiger charge is 2.20. The maximum absolute atomic E-state index is 14.5. The molecule has 32 heavy (non-hydrogen) atoms. The Morgan fingerprint density at radius 2 is 1.84 bits per heavy atom. The molecule has 0 atom stereocenters. The second-order valence-corrected chi connectivity index (χ2v) is 8.06. The molecule has 0 saturated carbocycles. The Kier molecular flexibility index (Phi) is 6.45. The predicted octanol–water partition coefficient (Wildman–Crippen LogP) is 4.34. The summed E-state index contributed by atoms with van der Waals surface area (Å²) in [5, 5.41) is 3.85. The Morgan fingerprint density at radius 1 is 1.09 bits per heavy atom. The number of pyridine rings is 1. The van der Waals surface area contributed by atoms with Crippen molar-refractivity contribution in [2.75, 3.05) is 43.4 Å². The van der Waals surface area contributed by atoms with Crippen molar-refractivity contribution in [1.29, 1.82) is 0 Å². The first-order chi connectivity index (χ1) is 15.4. The third-order valence-corrected chi connectivity index (χ3v) is 5.82. The lowest BCUT2D eigenvalue weighted by molar-refractivity contribution is 0.146. The zero-order valence-electron chi connectivity index (χ0n) is 18.5. The molecule has 1 fully saturated rings. The van der Waals surface area contributed by atoms with E-state index < -0.39 is 17.8 Å². The van der Waals surface area contributed by atoms with Crippen LogP contribution in [0.5, 0.6) is 0 Å². The van der Waals surface area contributed by atoms with Crippen LogP contribution in [-0.4, -0.2) is 53.1 Å². The van der Waals surface area contributed by atoms with Gasteiger partial charge in [0.25, 0.3) is 6.43 Å². The molecule has 0 unspecified atom stereocenters. The number of hydrogen-bond donors (Lipinski definition) is 1. The van der Waals surface area contributed by atoms with Gasteiger partial charge in [-0.15, -0.1) is 0 Å². The second-order valence-electron chi connectivity index (χ2n) is 8.06. The maximum atomic E-state index is 14.5. The van der Waals surface area contributed by atoms with Crippen LogP contribution in [0.15, 0.2) is 24.3 Å². The van der Waals surface area contributed by atoms with Crippen molar-refractivity contribution in [3.63, 3.8) is 0 Å². The first-order valence-electron chi connectivity index (χ1n) is 10.8. The minimum Gasteiger partial charge on any atom is -0.367 e. The number of halogens is 3. The van der Waals surface area contributed by atoms with E-state index in [-0.39, 0.29) is 12.1 Å². The first kappa shape index (κ1) is 22.3. The molecule has 1 aliphatic rings. The molecule has 0 radical (unpaired) electrons. The summed E-state index contributed by atoms with van der Waals surface area (Å²) in [5.74, 6) is 0.151. The summed E-state index contributed by atoms with van der Waals surface area (Å²) in [5.41, 5.74) is 2.15. The topological polar surface area (TPSA) is 57.2 Å². The van der Waals surface area contributed by atoms with Crippen LogP contribution in [0.3, 0.4) is 0 Å². The number of likely N-dealkylation sites (N-methyl/N-ethyl adjacent to an activating group) is 1. The van der Waals surface area contributed by atoms with Gasteiger partial charge in [0.1, 0.15) is 17.5 Å². The zero-order valence-corrected chi connectivity index (χ0v) is 18.5. The molecule has 1 N–H and O–H groups in total. The normalized spacial score (nSPS) is 15.0. The van der Waals surface area contributed by atoms with Crippen molar-refractivity contribution < 1.29 is 13.2 Å². The van der Waals surface area contributed by atoms with E-state index in [9.17, 15) is 13.2 Å². The minimum atomic E-state index is -2.86. The van der Waals surface area contributed by atoms with E-state index in [1.54, 1.807) is 6.92 Å². The summed E-state index contributed by atoms with van der Waals surface area (Å²) in [4.78, 5) is 18.4. The predicted molar refractivity (Wildman–Crippen MR) is 120 cm³/mol. The van der Waals surface area contributed by atoms with Gasteiger partial charge in [-0.2, -0.15) is 0 Å². The number of aryl methyl sites for hydroxylation is 2. The number of aromatic nitrogens is 3. The average molecular weight is 445 g/mol. The van der Waals surface area contributed by atoms with E-state index in [1.807, 2.05) is 6.07 Å². The van der Waals surface area contributed by atoms with Gasteiger partial charge in [-0.25, -0.2) is 28.1 Å². The second kappa shape index (κ2) is 9.28. The Morgan fingerprint density at radius 3 is 2.53 bits per heavy atom. The lowest BCUT2D eigenvalue weighted by atomic mass is 10.1. The Balaban J connectivity index is 1.70. The van der Waals surface area contributed by atoms with Crippen LogP contribution in [0.2, 0.25) is 0 Å². The van der Waals surface area contributed by atoms with Crippen LogP contribution in [0.4, 0.5) is 24.7 Å². The number of fused-ring (bicyclic) bond motifs is 1. The molecule has 6 nitrogen and oxygen atoms in total. The Labute approximate surface area is 185 Å². The summed E-state index contributed by atoms with van der Waals surface area (Å²) >= 11 is 0. The van der Waals surface area contributed by atoms with E-state index in [1.165, 1.54) is 12.1 Å². The standard InChI is InChI=1S/C23H27F3N6/c1-4-18-19(32-10-8-31(3)9-11-32)12-17-22(28-14(2)29-23(17)30-18)27-13-15-6-5-7-16(20(15)24)21(25)26/h5-7,12,21H,4,8-11,13H2,1-3H3,(H,27,28,29,30). The highest BCUT2D eigenvalue weighted by molar-refractivity contribution is 5.89. The van der Waals surface area contributed by atoms with Gasteiger partial charge in [-0.3, -0.25) is 0 Å². The molecule has 4 rings (SSSR count). The van der Waals surface area contributed by atoms with Crippen LogP contribution in [0.1, 0.15) is 36.0 Å². The summed E-state index contributed by atoms with van der Waals surface area (Å²) in [6.07, 6.45) is -2.09. The molecule has 0 spiro atoms. The molecule has 0 bridgehead atoms. The molecule has 2 aromatic heterocycles.